The predicted molar refractivity (Wildman–Crippen MR) is 123 cm³/mol. The second kappa shape index (κ2) is 7.81. The fourth-order valence-electron chi connectivity index (χ4n) is 4.06. The van der Waals surface area contributed by atoms with E-state index < -0.39 is 5.97 Å². The number of fused-ring (bicyclic) bond motifs is 5. The summed E-state index contributed by atoms with van der Waals surface area (Å²) in [6.07, 6.45) is 1.75. The lowest BCUT2D eigenvalue weighted by Gasteiger charge is -2.10. The third-order valence-corrected chi connectivity index (χ3v) is 5.56. The molecule has 0 bridgehead atoms. The van der Waals surface area contributed by atoms with E-state index in [0.717, 1.165) is 21.8 Å². The molecule has 5 aromatic rings. The summed E-state index contributed by atoms with van der Waals surface area (Å²) >= 11 is 0. The molecule has 158 valence electrons. The quantitative estimate of drug-likeness (QED) is 0.224. The minimum Gasteiger partial charge on any atom is -0.497 e. The van der Waals surface area contributed by atoms with Gasteiger partial charge in [0.1, 0.15) is 5.75 Å². The second-order valence-electron chi connectivity index (χ2n) is 7.35. The first kappa shape index (κ1) is 19.8. The van der Waals surface area contributed by atoms with Gasteiger partial charge < -0.3 is 13.9 Å². The molecule has 2 aromatic carbocycles. The number of aromatic nitrogens is 2. The Labute approximate surface area is 184 Å². The first-order chi connectivity index (χ1) is 15.6. The van der Waals surface area contributed by atoms with Crippen LogP contribution in [0.5, 0.6) is 5.75 Å². The van der Waals surface area contributed by atoms with Gasteiger partial charge >= 0.3 is 5.97 Å². The molecule has 6 nitrogen and oxygen atoms in total. The van der Waals surface area contributed by atoms with Crippen molar-refractivity contribution in [3.8, 4) is 5.75 Å². The Kier molecular flexibility index (Phi) is 4.82. The van der Waals surface area contributed by atoms with Gasteiger partial charge in [0.2, 0.25) is 5.78 Å². The van der Waals surface area contributed by atoms with Crippen LogP contribution in [0.3, 0.4) is 0 Å². The summed E-state index contributed by atoms with van der Waals surface area (Å²) in [7, 11) is 1.58. The number of pyridine rings is 2. The van der Waals surface area contributed by atoms with E-state index in [4.69, 9.17) is 9.47 Å². The SMILES string of the molecule is CCOC(=O)c1cc(C(=O)c2ccc(OC)cc2)n2c1ccc1c3ncccc3ccc12. The molecule has 0 N–H and O–H groups in total. The van der Waals surface area contributed by atoms with Crippen molar-refractivity contribution < 1.29 is 19.1 Å². The van der Waals surface area contributed by atoms with Gasteiger partial charge in [0, 0.05) is 22.5 Å². The first-order valence-electron chi connectivity index (χ1n) is 10.3. The zero-order valence-corrected chi connectivity index (χ0v) is 17.7. The van der Waals surface area contributed by atoms with Crippen LogP contribution in [0.25, 0.3) is 27.3 Å². The van der Waals surface area contributed by atoms with Crippen LogP contribution >= 0.6 is 0 Å². The molecule has 0 saturated heterocycles. The van der Waals surface area contributed by atoms with Crippen molar-refractivity contribution in [1.29, 1.82) is 0 Å². The fourth-order valence-corrected chi connectivity index (χ4v) is 4.06. The van der Waals surface area contributed by atoms with Gasteiger partial charge in [-0.25, -0.2) is 4.79 Å². The number of benzene rings is 2. The highest BCUT2D eigenvalue weighted by molar-refractivity contribution is 6.14. The molecule has 5 rings (SSSR count). The Hall–Kier alpha value is -4.19. The summed E-state index contributed by atoms with van der Waals surface area (Å²) in [6, 6.07) is 20.1. The van der Waals surface area contributed by atoms with Gasteiger partial charge in [-0.15, -0.1) is 0 Å². The van der Waals surface area contributed by atoms with Crippen molar-refractivity contribution in [2.24, 2.45) is 0 Å². The molecule has 0 aliphatic rings. The lowest BCUT2D eigenvalue weighted by molar-refractivity contribution is 0.0529. The zero-order valence-electron chi connectivity index (χ0n) is 17.7. The summed E-state index contributed by atoms with van der Waals surface area (Å²) < 4.78 is 12.3. The molecule has 0 radical (unpaired) electrons. The minimum absolute atomic E-state index is 0.202. The number of esters is 1. The summed E-state index contributed by atoms with van der Waals surface area (Å²) in [5.41, 5.74) is 3.47. The number of nitrogens with zero attached hydrogens (tertiary/aromatic N) is 2. The number of carbonyl (C=O) groups is 2. The molecule has 0 aliphatic carbocycles. The first-order valence-corrected chi connectivity index (χ1v) is 10.3. The van der Waals surface area contributed by atoms with E-state index in [0.29, 0.717) is 28.1 Å². The summed E-state index contributed by atoms with van der Waals surface area (Å²) in [5.74, 6) is 0.000591. The van der Waals surface area contributed by atoms with E-state index in [-0.39, 0.29) is 12.4 Å². The molecule has 0 unspecified atom stereocenters. The number of hydrogen-bond donors (Lipinski definition) is 0. The Morgan fingerprint density at radius 2 is 1.75 bits per heavy atom. The van der Waals surface area contributed by atoms with Crippen LogP contribution in [0.4, 0.5) is 0 Å². The Bertz CT molecular complexity index is 1500. The van der Waals surface area contributed by atoms with Gasteiger partial charge in [0.25, 0.3) is 0 Å². The molecular formula is C26H20N2O4. The van der Waals surface area contributed by atoms with Gasteiger partial charge in [0.05, 0.1) is 41.5 Å². The van der Waals surface area contributed by atoms with E-state index in [1.807, 2.05) is 40.8 Å². The van der Waals surface area contributed by atoms with Crippen LogP contribution in [0, 0.1) is 0 Å². The molecule has 0 fully saturated rings. The van der Waals surface area contributed by atoms with E-state index in [1.165, 1.54) is 0 Å². The Morgan fingerprint density at radius 3 is 2.50 bits per heavy atom. The van der Waals surface area contributed by atoms with Gasteiger partial charge in [0.15, 0.2) is 0 Å². The van der Waals surface area contributed by atoms with Crippen LogP contribution in [0.1, 0.15) is 33.3 Å². The molecule has 0 spiro atoms. The molecule has 0 aliphatic heterocycles. The lowest BCUT2D eigenvalue weighted by atomic mass is 10.1. The maximum Gasteiger partial charge on any atom is 0.340 e. The summed E-state index contributed by atoms with van der Waals surface area (Å²) in [6.45, 7) is 2.01. The van der Waals surface area contributed by atoms with Crippen molar-refractivity contribution in [3.05, 3.63) is 89.7 Å². The van der Waals surface area contributed by atoms with Gasteiger partial charge in [-0.05, 0) is 61.5 Å². The van der Waals surface area contributed by atoms with Crippen molar-refractivity contribution in [2.45, 2.75) is 6.92 Å². The monoisotopic (exact) mass is 424 g/mol. The van der Waals surface area contributed by atoms with Crippen LogP contribution in [-0.4, -0.2) is 34.9 Å². The van der Waals surface area contributed by atoms with E-state index >= 15 is 0 Å². The molecule has 3 heterocycles. The Morgan fingerprint density at radius 1 is 0.969 bits per heavy atom. The molecular weight excluding hydrogens is 404 g/mol. The van der Waals surface area contributed by atoms with Crippen LogP contribution in [-0.2, 0) is 4.74 Å². The smallest absolute Gasteiger partial charge is 0.340 e. The third kappa shape index (κ3) is 3.08. The molecule has 0 atom stereocenters. The van der Waals surface area contributed by atoms with Crippen molar-refractivity contribution in [1.82, 2.24) is 9.38 Å². The van der Waals surface area contributed by atoms with Crippen molar-refractivity contribution >= 4 is 39.1 Å². The van der Waals surface area contributed by atoms with Gasteiger partial charge in [-0.3, -0.25) is 9.78 Å². The third-order valence-electron chi connectivity index (χ3n) is 5.56. The number of ether oxygens (including phenoxy) is 2. The predicted octanol–water partition coefficient (Wildman–Crippen LogP) is 5.06. The van der Waals surface area contributed by atoms with E-state index in [1.54, 1.807) is 50.6 Å². The number of hydrogen-bond acceptors (Lipinski definition) is 5. The average molecular weight is 424 g/mol. The largest absolute Gasteiger partial charge is 0.497 e. The Balaban J connectivity index is 1.81. The molecule has 6 heteroatoms. The van der Waals surface area contributed by atoms with Gasteiger partial charge in [-0.1, -0.05) is 12.1 Å². The minimum atomic E-state index is -0.461. The number of ketones is 1. The highest BCUT2D eigenvalue weighted by Crippen LogP contribution is 2.30. The topological polar surface area (TPSA) is 69.9 Å². The lowest BCUT2D eigenvalue weighted by Crippen LogP contribution is -2.06. The fraction of sp³-hybridized carbons (Fsp3) is 0.115. The maximum atomic E-state index is 13.5. The molecule has 0 saturated carbocycles. The van der Waals surface area contributed by atoms with E-state index in [9.17, 15) is 9.59 Å². The van der Waals surface area contributed by atoms with Crippen molar-refractivity contribution in [2.75, 3.05) is 13.7 Å². The van der Waals surface area contributed by atoms with E-state index in [2.05, 4.69) is 4.98 Å². The second-order valence-corrected chi connectivity index (χ2v) is 7.35. The highest BCUT2D eigenvalue weighted by atomic mass is 16.5. The zero-order chi connectivity index (χ0) is 22.2. The number of methoxy groups -OCH3 is 1. The average Bonchev–Trinajstić information content (AvgIpc) is 3.24. The normalized spacial score (nSPS) is 11.2. The summed E-state index contributed by atoms with van der Waals surface area (Å²) in [4.78, 5) is 30.8. The summed E-state index contributed by atoms with van der Waals surface area (Å²) in [5, 5.41) is 1.89. The molecule has 3 aromatic heterocycles. The highest BCUT2D eigenvalue weighted by Gasteiger charge is 2.23. The van der Waals surface area contributed by atoms with Crippen LogP contribution < -0.4 is 4.74 Å². The van der Waals surface area contributed by atoms with Crippen LogP contribution in [0.2, 0.25) is 0 Å². The van der Waals surface area contributed by atoms with Gasteiger partial charge in [-0.2, -0.15) is 0 Å². The molecule has 32 heavy (non-hydrogen) atoms. The van der Waals surface area contributed by atoms with Crippen molar-refractivity contribution in [3.63, 3.8) is 0 Å². The number of carbonyl (C=O) groups excluding carboxylic acids is 2. The van der Waals surface area contributed by atoms with Crippen LogP contribution in [0.15, 0.2) is 72.9 Å². The standard InChI is InChI=1S/C26H20N2O4/c1-3-32-26(30)20-15-23(25(29)17-6-9-18(31-2)10-7-17)28-21-12-8-16-5-4-14-27-24(16)19(21)11-13-22(20)28/h4-15H,3H2,1-2H3. The number of rotatable bonds is 5. The maximum absolute atomic E-state index is 13.5. The molecule has 0 amide bonds.